The van der Waals surface area contributed by atoms with Gasteiger partial charge in [-0.3, -0.25) is 4.79 Å². The van der Waals surface area contributed by atoms with Gasteiger partial charge in [0.25, 0.3) is 0 Å². The smallest absolute Gasteiger partial charge is 0.223 e. The van der Waals surface area contributed by atoms with Gasteiger partial charge in [0, 0.05) is 51.1 Å². The zero-order valence-electron chi connectivity index (χ0n) is 20.1. The summed E-state index contributed by atoms with van der Waals surface area (Å²) < 4.78 is 2.29. The molecule has 0 bridgehead atoms. The maximum atomic E-state index is 12.7. The average molecular weight is 454 g/mol. The highest BCUT2D eigenvalue weighted by Crippen LogP contribution is 2.29. The van der Waals surface area contributed by atoms with Crippen molar-refractivity contribution < 1.29 is 4.79 Å². The van der Waals surface area contributed by atoms with Gasteiger partial charge in [-0.1, -0.05) is 12.8 Å². The molecule has 2 aromatic rings. The van der Waals surface area contributed by atoms with E-state index in [1.165, 1.54) is 45.1 Å². The summed E-state index contributed by atoms with van der Waals surface area (Å²) in [6.07, 6.45) is 13.1. The first kappa shape index (κ1) is 22.6. The predicted molar refractivity (Wildman–Crippen MR) is 130 cm³/mol. The number of rotatable bonds is 6. The number of amides is 1. The summed E-state index contributed by atoms with van der Waals surface area (Å²) in [6.45, 7) is 8.12. The van der Waals surface area contributed by atoms with Crippen LogP contribution in [0.5, 0.6) is 0 Å². The minimum absolute atomic E-state index is 0.103. The summed E-state index contributed by atoms with van der Waals surface area (Å²) in [7, 11) is 0. The molecule has 0 radical (unpaired) electrons. The molecule has 1 amide bonds. The average Bonchev–Trinajstić information content (AvgIpc) is 3.03. The molecule has 5 heterocycles. The van der Waals surface area contributed by atoms with Gasteiger partial charge >= 0.3 is 0 Å². The van der Waals surface area contributed by atoms with Crippen LogP contribution < -0.4 is 10.2 Å². The number of aryl methyl sites for hydroxylation is 2. The summed E-state index contributed by atoms with van der Waals surface area (Å²) in [6, 6.07) is 0.692. The number of carbonyl (C=O) groups excluding carboxylic acids is 1. The third-order valence-corrected chi connectivity index (χ3v) is 7.90. The van der Waals surface area contributed by atoms with Crippen LogP contribution in [0, 0.1) is 5.92 Å². The first-order chi connectivity index (χ1) is 16.2. The fourth-order valence-electron chi connectivity index (χ4n) is 5.84. The second-order valence-electron chi connectivity index (χ2n) is 10.1. The van der Waals surface area contributed by atoms with Crippen molar-refractivity contribution in [1.82, 2.24) is 29.7 Å². The molecule has 1 unspecified atom stereocenters. The Bertz CT molecular complexity index is 950. The fourth-order valence-corrected chi connectivity index (χ4v) is 5.84. The topological polar surface area (TPSA) is 79.2 Å². The Labute approximate surface area is 197 Å². The van der Waals surface area contributed by atoms with Gasteiger partial charge < -0.3 is 19.7 Å². The molecule has 1 N–H and O–H groups in total. The lowest BCUT2D eigenvalue weighted by Gasteiger charge is -2.33. The summed E-state index contributed by atoms with van der Waals surface area (Å²) in [5, 5.41) is 3.20. The highest BCUT2D eigenvalue weighted by atomic mass is 16.1. The largest absolute Gasteiger partial charge is 0.356 e. The fraction of sp³-hybridized carbons (Fsp3) is 0.760. The Morgan fingerprint density at radius 3 is 2.73 bits per heavy atom. The Morgan fingerprint density at radius 2 is 1.88 bits per heavy atom. The van der Waals surface area contributed by atoms with E-state index in [0.29, 0.717) is 6.04 Å². The highest BCUT2D eigenvalue weighted by molar-refractivity contribution is 5.84. The van der Waals surface area contributed by atoms with Crippen LogP contribution in [-0.4, -0.2) is 69.1 Å². The molecule has 1 atom stereocenters. The van der Waals surface area contributed by atoms with Gasteiger partial charge in [-0.25, -0.2) is 15.0 Å². The lowest BCUT2D eigenvalue weighted by atomic mass is 9.96. The van der Waals surface area contributed by atoms with Gasteiger partial charge in [-0.15, -0.1) is 0 Å². The molecule has 2 aromatic heterocycles. The quantitative estimate of drug-likeness (QED) is 0.677. The van der Waals surface area contributed by atoms with Crippen LogP contribution in [0.1, 0.15) is 70.5 Å². The van der Waals surface area contributed by atoms with Crippen LogP contribution in [0.15, 0.2) is 6.33 Å². The SMILES string of the molecule is CC1CCCCN1CCCNC(=O)C1CCN(c2ncnc3c2nc2n3CCCCC2)CC1. The number of nitrogens with one attached hydrogen (secondary N) is 1. The van der Waals surface area contributed by atoms with Gasteiger partial charge in [-0.05, 0) is 58.4 Å². The van der Waals surface area contributed by atoms with Crippen molar-refractivity contribution >= 4 is 22.9 Å². The molecule has 2 fully saturated rings. The van der Waals surface area contributed by atoms with E-state index in [2.05, 4.69) is 36.6 Å². The van der Waals surface area contributed by atoms with Gasteiger partial charge in [0.15, 0.2) is 17.0 Å². The number of aromatic nitrogens is 4. The molecule has 8 heteroatoms. The van der Waals surface area contributed by atoms with Crippen LogP contribution >= 0.6 is 0 Å². The third kappa shape index (κ3) is 5.00. The third-order valence-electron chi connectivity index (χ3n) is 7.90. The number of piperidine rings is 2. The van der Waals surface area contributed by atoms with E-state index in [1.807, 2.05) is 0 Å². The number of carbonyl (C=O) groups is 1. The van der Waals surface area contributed by atoms with E-state index in [-0.39, 0.29) is 11.8 Å². The van der Waals surface area contributed by atoms with Crippen molar-refractivity contribution in [3.63, 3.8) is 0 Å². The molecule has 8 nitrogen and oxygen atoms in total. The number of imidazole rings is 1. The first-order valence-electron chi connectivity index (χ1n) is 13.2. The molecule has 3 aliphatic rings. The van der Waals surface area contributed by atoms with E-state index in [4.69, 9.17) is 4.98 Å². The minimum Gasteiger partial charge on any atom is -0.356 e. The Balaban J connectivity index is 1.13. The Morgan fingerprint density at radius 1 is 1.03 bits per heavy atom. The number of hydrogen-bond acceptors (Lipinski definition) is 6. The normalized spacial score (nSPS) is 22.8. The molecular formula is C25H39N7O. The standard InChI is InChI=1S/C25H39N7O/c1-19-8-4-6-13-30(19)14-7-12-26-25(33)20-10-16-31(17-11-20)23-22-24(28-18-27-23)32-15-5-2-3-9-21(32)29-22/h18-20H,2-17H2,1H3,(H,26,33). The second-order valence-corrected chi connectivity index (χ2v) is 10.1. The summed E-state index contributed by atoms with van der Waals surface area (Å²) >= 11 is 0. The molecule has 0 aromatic carbocycles. The van der Waals surface area contributed by atoms with E-state index in [0.717, 1.165) is 81.2 Å². The number of likely N-dealkylation sites (tertiary alicyclic amines) is 1. The van der Waals surface area contributed by atoms with Gasteiger partial charge in [0.05, 0.1) is 0 Å². The predicted octanol–water partition coefficient (Wildman–Crippen LogP) is 3.15. The van der Waals surface area contributed by atoms with E-state index < -0.39 is 0 Å². The summed E-state index contributed by atoms with van der Waals surface area (Å²) in [5.41, 5.74) is 1.91. The van der Waals surface area contributed by atoms with Gasteiger partial charge in [-0.2, -0.15) is 0 Å². The van der Waals surface area contributed by atoms with E-state index >= 15 is 0 Å². The van der Waals surface area contributed by atoms with Gasteiger partial charge in [0.2, 0.25) is 5.91 Å². The molecule has 180 valence electrons. The number of fused-ring (bicyclic) bond motifs is 3. The van der Waals surface area contributed by atoms with Crippen LogP contribution in [0.3, 0.4) is 0 Å². The van der Waals surface area contributed by atoms with Gasteiger partial charge in [0.1, 0.15) is 12.2 Å². The highest BCUT2D eigenvalue weighted by Gasteiger charge is 2.28. The first-order valence-corrected chi connectivity index (χ1v) is 13.2. The van der Waals surface area contributed by atoms with Crippen molar-refractivity contribution in [1.29, 1.82) is 0 Å². The summed E-state index contributed by atoms with van der Waals surface area (Å²) in [5.74, 6) is 2.42. The second kappa shape index (κ2) is 10.4. The van der Waals surface area contributed by atoms with Crippen molar-refractivity contribution in [3.05, 3.63) is 12.2 Å². The maximum Gasteiger partial charge on any atom is 0.223 e. The van der Waals surface area contributed by atoms with Crippen molar-refractivity contribution in [3.8, 4) is 0 Å². The molecular weight excluding hydrogens is 414 g/mol. The van der Waals surface area contributed by atoms with Crippen molar-refractivity contribution in [2.45, 2.75) is 83.7 Å². The zero-order chi connectivity index (χ0) is 22.6. The molecule has 33 heavy (non-hydrogen) atoms. The number of anilines is 1. The number of hydrogen-bond donors (Lipinski definition) is 1. The lowest BCUT2D eigenvalue weighted by Crippen LogP contribution is -2.42. The molecule has 0 saturated carbocycles. The molecule has 0 spiro atoms. The van der Waals surface area contributed by atoms with Crippen molar-refractivity contribution in [2.75, 3.05) is 37.6 Å². The summed E-state index contributed by atoms with van der Waals surface area (Å²) in [4.78, 5) is 31.8. The molecule has 0 aliphatic carbocycles. The van der Waals surface area contributed by atoms with Crippen LogP contribution in [0.25, 0.3) is 11.2 Å². The maximum absolute atomic E-state index is 12.7. The lowest BCUT2D eigenvalue weighted by molar-refractivity contribution is -0.125. The Kier molecular flexibility index (Phi) is 7.09. The van der Waals surface area contributed by atoms with Crippen LogP contribution in [0.2, 0.25) is 0 Å². The Hall–Kier alpha value is -2.22. The van der Waals surface area contributed by atoms with Crippen LogP contribution in [-0.2, 0) is 17.8 Å². The molecule has 3 aliphatic heterocycles. The van der Waals surface area contributed by atoms with Crippen LogP contribution in [0.4, 0.5) is 5.82 Å². The monoisotopic (exact) mass is 453 g/mol. The van der Waals surface area contributed by atoms with E-state index in [1.54, 1.807) is 6.33 Å². The zero-order valence-corrected chi connectivity index (χ0v) is 20.1. The molecule has 2 saturated heterocycles. The minimum atomic E-state index is 0.103. The van der Waals surface area contributed by atoms with Crippen molar-refractivity contribution in [2.24, 2.45) is 5.92 Å². The number of nitrogens with zero attached hydrogens (tertiary/aromatic N) is 6. The van der Waals surface area contributed by atoms with E-state index in [9.17, 15) is 4.79 Å². The molecule has 5 rings (SSSR count).